The van der Waals surface area contributed by atoms with Crippen LogP contribution in [0.15, 0.2) is 59.2 Å². The molecule has 0 spiro atoms. The molecule has 8 heteroatoms. The number of hydrogen-bond donors (Lipinski definition) is 0. The first kappa shape index (κ1) is 18.4. The van der Waals surface area contributed by atoms with Crippen molar-refractivity contribution in [1.29, 1.82) is 0 Å². The Labute approximate surface area is 169 Å². The Bertz CT molecular complexity index is 1080. The molecular formula is C20H16N2O4S2. The van der Waals surface area contributed by atoms with Crippen LogP contribution in [-0.2, 0) is 16.1 Å². The molecule has 0 saturated heterocycles. The lowest BCUT2D eigenvalue weighted by Gasteiger charge is -2.15. The number of thiophene rings is 1. The highest BCUT2D eigenvalue weighted by Gasteiger charge is 2.17. The second kappa shape index (κ2) is 7.95. The summed E-state index contributed by atoms with van der Waals surface area (Å²) in [6.45, 7) is 0.00849. The molecular weight excluding hydrogens is 396 g/mol. The largest absolute Gasteiger partial charge is 0.467 e. The maximum absolute atomic E-state index is 12.3. The SMILES string of the molecule is CN(Cc1ccco1)C(=O)COC(=O)c1ccc(-c2nc3ccccc3s2)s1. The van der Waals surface area contributed by atoms with Gasteiger partial charge in [-0.25, -0.2) is 9.78 Å². The van der Waals surface area contributed by atoms with Crippen molar-refractivity contribution in [3.63, 3.8) is 0 Å². The Morgan fingerprint density at radius 2 is 1.96 bits per heavy atom. The van der Waals surface area contributed by atoms with Gasteiger partial charge in [-0.15, -0.1) is 22.7 Å². The van der Waals surface area contributed by atoms with Crippen molar-refractivity contribution in [2.75, 3.05) is 13.7 Å². The summed E-state index contributed by atoms with van der Waals surface area (Å²) in [4.78, 5) is 31.8. The van der Waals surface area contributed by atoms with Gasteiger partial charge in [-0.3, -0.25) is 4.79 Å². The van der Waals surface area contributed by atoms with Crippen molar-refractivity contribution in [3.05, 3.63) is 65.4 Å². The van der Waals surface area contributed by atoms with Crippen LogP contribution in [-0.4, -0.2) is 35.4 Å². The van der Waals surface area contributed by atoms with E-state index in [1.807, 2.05) is 30.3 Å². The number of furan rings is 1. The van der Waals surface area contributed by atoms with Crippen LogP contribution < -0.4 is 0 Å². The zero-order chi connectivity index (χ0) is 19.5. The van der Waals surface area contributed by atoms with Crippen molar-refractivity contribution in [1.82, 2.24) is 9.88 Å². The minimum Gasteiger partial charge on any atom is -0.467 e. The lowest BCUT2D eigenvalue weighted by molar-refractivity contribution is -0.133. The van der Waals surface area contributed by atoms with E-state index in [0.717, 1.165) is 20.1 Å². The number of hydrogen-bond acceptors (Lipinski definition) is 7. The summed E-state index contributed by atoms with van der Waals surface area (Å²) in [7, 11) is 1.63. The van der Waals surface area contributed by atoms with E-state index < -0.39 is 5.97 Å². The molecule has 0 saturated carbocycles. The Kier molecular flexibility index (Phi) is 5.23. The molecule has 28 heavy (non-hydrogen) atoms. The van der Waals surface area contributed by atoms with Crippen LogP contribution in [0.2, 0.25) is 0 Å². The van der Waals surface area contributed by atoms with Crippen molar-refractivity contribution >= 4 is 44.8 Å². The smallest absolute Gasteiger partial charge is 0.348 e. The van der Waals surface area contributed by atoms with Gasteiger partial charge in [0, 0.05) is 7.05 Å². The molecule has 0 radical (unpaired) electrons. The number of thiazole rings is 1. The molecule has 0 N–H and O–H groups in total. The fourth-order valence-corrected chi connectivity index (χ4v) is 4.49. The summed E-state index contributed by atoms with van der Waals surface area (Å²) in [5.41, 5.74) is 0.935. The number of ether oxygens (including phenoxy) is 1. The Morgan fingerprint density at radius 3 is 2.75 bits per heavy atom. The van der Waals surface area contributed by atoms with Gasteiger partial charge in [-0.1, -0.05) is 12.1 Å². The number of aromatic nitrogens is 1. The molecule has 142 valence electrons. The number of fused-ring (bicyclic) bond motifs is 1. The number of carbonyl (C=O) groups excluding carboxylic acids is 2. The molecule has 0 aliphatic heterocycles. The molecule has 0 fully saturated rings. The molecule has 0 aliphatic rings. The molecule has 0 unspecified atom stereocenters. The fourth-order valence-electron chi connectivity index (χ4n) is 2.57. The molecule has 3 aromatic heterocycles. The normalized spacial score (nSPS) is 10.9. The van der Waals surface area contributed by atoms with Crippen LogP contribution in [0.25, 0.3) is 20.1 Å². The van der Waals surface area contributed by atoms with E-state index >= 15 is 0 Å². The van der Waals surface area contributed by atoms with E-state index in [4.69, 9.17) is 9.15 Å². The van der Waals surface area contributed by atoms with Crippen LogP contribution >= 0.6 is 22.7 Å². The topological polar surface area (TPSA) is 72.6 Å². The highest BCUT2D eigenvalue weighted by Crippen LogP contribution is 2.34. The van der Waals surface area contributed by atoms with Gasteiger partial charge >= 0.3 is 5.97 Å². The predicted octanol–water partition coefficient (Wildman–Crippen LogP) is 4.43. The van der Waals surface area contributed by atoms with E-state index in [1.165, 1.54) is 16.2 Å². The molecule has 4 rings (SSSR count). The van der Waals surface area contributed by atoms with E-state index in [0.29, 0.717) is 17.2 Å². The van der Waals surface area contributed by atoms with Gasteiger partial charge in [0.05, 0.1) is 27.9 Å². The number of nitrogens with zero attached hydrogens (tertiary/aromatic N) is 2. The number of para-hydroxylation sites is 1. The Hall–Kier alpha value is -2.97. The third-order valence-corrected chi connectivity index (χ3v) is 6.31. The van der Waals surface area contributed by atoms with Gasteiger partial charge in [-0.2, -0.15) is 0 Å². The number of rotatable bonds is 6. The molecule has 0 aliphatic carbocycles. The van der Waals surface area contributed by atoms with Crippen molar-refractivity contribution in [2.24, 2.45) is 0 Å². The molecule has 3 heterocycles. The maximum Gasteiger partial charge on any atom is 0.348 e. The lowest BCUT2D eigenvalue weighted by atomic mass is 10.3. The van der Waals surface area contributed by atoms with E-state index in [1.54, 1.807) is 42.8 Å². The van der Waals surface area contributed by atoms with Crippen LogP contribution in [0.1, 0.15) is 15.4 Å². The van der Waals surface area contributed by atoms with Crippen LogP contribution in [0.3, 0.4) is 0 Å². The zero-order valence-corrected chi connectivity index (χ0v) is 16.6. The molecule has 0 atom stereocenters. The second-order valence-corrected chi connectivity index (χ2v) is 8.17. The van der Waals surface area contributed by atoms with Gasteiger partial charge in [0.15, 0.2) is 6.61 Å². The van der Waals surface area contributed by atoms with E-state index in [2.05, 4.69) is 4.98 Å². The average molecular weight is 412 g/mol. The summed E-state index contributed by atoms with van der Waals surface area (Å²) in [5.74, 6) is -0.147. The summed E-state index contributed by atoms with van der Waals surface area (Å²) in [6.07, 6.45) is 1.55. The zero-order valence-electron chi connectivity index (χ0n) is 15.0. The van der Waals surface area contributed by atoms with Crippen LogP contribution in [0.5, 0.6) is 0 Å². The van der Waals surface area contributed by atoms with Crippen LogP contribution in [0, 0.1) is 0 Å². The summed E-state index contributed by atoms with van der Waals surface area (Å²) in [5, 5.41) is 0.861. The third kappa shape index (κ3) is 3.97. The van der Waals surface area contributed by atoms with Crippen LogP contribution in [0.4, 0.5) is 0 Å². The van der Waals surface area contributed by atoms with Crippen molar-refractivity contribution in [2.45, 2.75) is 6.54 Å². The standard InChI is InChI=1S/C20H16N2O4S2/c1-22(11-13-5-4-10-25-13)18(23)12-26-20(24)17-9-8-16(27-17)19-21-14-6-2-3-7-15(14)28-19/h2-10H,11-12H2,1H3. The number of benzene rings is 1. The lowest BCUT2D eigenvalue weighted by Crippen LogP contribution is -2.30. The first-order valence-corrected chi connectivity index (χ1v) is 10.1. The maximum atomic E-state index is 12.3. The van der Waals surface area contributed by atoms with Gasteiger partial charge in [-0.05, 0) is 36.4 Å². The van der Waals surface area contributed by atoms with Gasteiger partial charge in [0.2, 0.25) is 0 Å². The molecule has 4 aromatic rings. The first-order chi connectivity index (χ1) is 13.6. The highest BCUT2D eigenvalue weighted by atomic mass is 32.1. The number of amides is 1. The Morgan fingerprint density at radius 1 is 1.11 bits per heavy atom. The van der Waals surface area contributed by atoms with Crippen molar-refractivity contribution in [3.8, 4) is 9.88 Å². The monoisotopic (exact) mass is 412 g/mol. The third-order valence-electron chi connectivity index (χ3n) is 4.04. The molecule has 0 bridgehead atoms. The average Bonchev–Trinajstić information content (AvgIpc) is 3.45. The second-order valence-electron chi connectivity index (χ2n) is 6.06. The molecule has 6 nitrogen and oxygen atoms in total. The Balaban J connectivity index is 1.37. The first-order valence-electron chi connectivity index (χ1n) is 8.49. The van der Waals surface area contributed by atoms with Gasteiger partial charge in [0.25, 0.3) is 5.91 Å². The molecule has 1 aromatic carbocycles. The fraction of sp³-hybridized carbons (Fsp3) is 0.150. The highest BCUT2D eigenvalue weighted by molar-refractivity contribution is 7.26. The quantitative estimate of drug-likeness (QED) is 0.438. The van der Waals surface area contributed by atoms with E-state index in [-0.39, 0.29) is 12.5 Å². The molecule has 1 amide bonds. The number of likely N-dealkylation sites (N-methyl/N-ethyl adjacent to an activating group) is 1. The minimum atomic E-state index is -0.517. The van der Waals surface area contributed by atoms with Gasteiger partial charge in [0.1, 0.15) is 15.6 Å². The summed E-state index contributed by atoms with van der Waals surface area (Å²) in [6, 6.07) is 15.0. The summed E-state index contributed by atoms with van der Waals surface area (Å²) < 4.78 is 11.5. The minimum absolute atomic E-state index is 0.298. The predicted molar refractivity (Wildman–Crippen MR) is 108 cm³/mol. The summed E-state index contributed by atoms with van der Waals surface area (Å²) >= 11 is 2.88. The number of carbonyl (C=O) groups is 2. The van der Waals surface area contributed by atoms with Crippen molar-refractivity contribution < 1.29 is 18.7 Å². The van der Waals surface area contributed by atoms with E-state index in [9.17, 15) is 9.59 Å². The number of esters is 1. The van der Waals surface area contributed by atoms with Gasteiger partial charge < -0.3 is 14.1 Å².